The first-order valence-electron chi connectivity index (χ1n) is 14.9. The summed E-state index contributed by atoms with van der Waals surface area (Å²) in [7, 11) is 0. The van der Waals surface area contributed by atoms with Crippen LogP contribution in [0.2, 0.25) is 0 Å². The van der Waals surface area contributed by atoms with Crippen molar-refractivity contribution in [2.45, 2.75) is 70.3 Å². The van der Waals surface area contributed by atoms with Gasteiger partial charge in [-0.3, -0.25) is 9.59 Å². The third-order valence-electron chi connectivity index (χ3n) is 8.64. The highest BCUT2D eigenvalue weighted by Gasteiger charge is 2.29. The van der Waals surface area contributed by atoms with Gasteiger partial charge in [-0.25, -0.2) is 9.97 Å². The lowest BCUT2D eigenvalue weighted by Crippen LogP contribution is -2.48. The van der Waals surface area contributed by atoms with Crippen molar-refractivity contribution >= 4 is 29.1 Å². The lowest BCUT2D eigenvalue weighted by molar-refractivity contribution is 0.0931. The third-order valence-corrected chi connectivity index (χ3v) is 8.64. The Morgan fingerprint density at radius 2 is 1.74 bits per heavy atom. The summed E-state index contributed by atoms with van der Waals surface area (Å²) < 4.78 is 0. The number of amides is 2. The highest BCUT2D eigenvalue weighted by molar-refractivity contribution is 5.96. The number of hydrogen-bond acceptors (Lipinski definition) is 7. The Labute approximate surface area is 248 Å². The molecule has 2 aromatic carbocycles. The van der Waals surface area contributed by atoms with Gasteiger partial charge in [0.05, 0.1) is 6.20 Å². The molecule has 9 nitrogen and oxygen atoms in total. The van der Waals surface area contributed by atoms with Crippen LogP contribution in [0.25, 0.3) is 0 Å². The summed E-state index contributed by atoms with van der Waals surface area (Å²) in [5.74, 6) is 0.235. The summed E-state index contributed by atoms with van der Waals surface area (Å²) in [4.78, 5) is 36.5. The van der Waals surface area contributed by atoms with E-state index in [2.05, 4.69) is 65.7 Å². The highest BCUT2D eigenvalue weighted by Crippen LogP contribution is 2.34. The second kappa shape index (κ2) is 12.1. The van der Waals surface area contributed by atoms with Crippen LogP contribution in [-0.2, 0) is 10.8 Å². The van der Waals surface area contributed by atoms with E-state index in [4.69, 9.17) is 10.7 Å². The number of nitrogens with one attached hydrogen (secondary N) is 3. The molecule has 2 aliphatic heterocycles. The number of nitrogens with zero attached hydrogens (tertiary/aromatic N) is 3. The van der Waals surface area contributed by atoms with Crippen LogP contribution in [0.1, 0.15) is 85.4 Å². The minimum Gasteiger partial charge on any atom is -0.364 e. The summed E-state index contributed by atoms with van der Waals surface area (Å²) in [5, 5.41) is 9.90. The molecule has 0 saturated carbocycles. The van der Waals surface area contributed by atoms with Gasteiger partial charge < -0.3 is 26.6 Å². The Bertz CT molecular complexity index is 1410. The lowest BCUT2D eigenvalue weighted by Gasteiger charge is -2.34. The molecule has 0 bridgehead atoms. The van der Waals surface area contributed by atoms with Gasteiger partial charge in [0.15, 0.2) is 11.5 Å². The first-order valence-corrected chi connectivity index (χ1v) is 14.9. The van der Waals surface area contributed by atoms with Crippen LogP contribution in [0.4, 0.5) is 17.3 Å². The van der Waals surface area contributed by atoms with Crippen molar-refractivity contribution in [2.24, 2.45) is 5.73 Å². The van der Waals surface area contributed by atoms with E-state index in [0.717, 1.165) is 51.0 Å². The molecule has 5 rings (SSSR count). The first kappa shape index (κ1) is 29.5. The summed E-state index contributed by atoms with van der Waals surface area (Å²) in [6, 6.07) is 16.1. The van der Waals surface area contributed by atoms with Crippen molar-refractivity contribution in [3.05, 3.63) is 77.1 Å². The topological polar surface area (TPSA) is 125 Å². The third kappa shape index (κ3) is 6.73. The standard InChI is InChI=1S/C33H43N7O2/c1-32(2,3)23-9-7-22(8-10-23)31(42)38-26-6-5-19-40(21-26)27-20-36-28(29(34)41)30(39-27)37-25-13-11-24(12-14-25)33(4)15-17-35-18-16-33/h7-14,20,26,35H,5-6,15-19,21H2,1-4H3,(H2,34,41)(H,37,39)(H,38,42)/t26-/m1/s1. The highest BCUT2D eigenvalue weighted by atomic mass is 16.2. The van der Waals surface area contributed by atoms with E-state index in [1.54, 1.807) is 6.20 Å². The van der Waals surface area contributed by atoms with Crippen LogP contribution in [0.3, 0.4) is 0 Å². The average molecular weight is 570 g/mol. The molecule has 42 heavy (non-hydrogen) atoms. The van der Waals surface area contributed by atoms with Gasteiger partial charge in [0.25, 0.3) is 11.8 Å². The molecule has 1 aromatic heterocycles. The van der Waals surface area contributed by atoms with Crippen LogP contribution >= 0.6 is 0 Å². The van der Waals surface area contributed by atoms with Crippen LogP contribution in [-0.4, -0.2) is 54.0 Å². The van der Waals surface area contributed by atoms with Crippen LogP contribution in [0.5, 0.6) is 0 Å². The molecule has 222 valence electrons. The van der Waals surface area contributed by atoms with Crippen molar-refractivity contribution in [3.8, 4) is 0 Å². The molecule has 0 radical (unpaired) electrons. The maximum atomic E-state index is 13.0. The van der Waals surface area contributed by atoms with Gasteiger partial charge >= 0.3 is 0 Å². The van der Waals surface area contributed by atoms with Crippen molar-refractivity contribution in [1.29, 1.82) is 0 Å². The summed E-state index contributed by atoms with van der Waals surface area (Å²) in [6.07, 6.45) is 5.55. The number of anilines is 3. The molecule has 1 atom stereocenters. The molecule has 0 aliphatic carbocycles. The SMILES string of the molecule is CC(C)(C)c1ccc(C(=O)N[C@@H]2CCCN(c3cnc(C(N)=O)c(Nc4ccc(C5(C)CCNCC5)cc4)n3)C2)cc1. The summed E-state index contributed by atoms with van der Waals surface area (Å²) in [5.41, 5.74) is 9.88. The van der Waals surface area contributed by atoms with E-state index in [-0.39, 0.29) is 28.5 Å². The molecular weight excluding hydrogens is 526 g/mol. The molecule has 0 spiro atoms. The first-order chi connectivity index (χ1) is 20.0. The number of hydrogen-bond donors (Lipinski definition) is 4. The van der Waals surface area contributed by atoms with Crippen molar-refractivity contribution < 1.29 is 9.59 Å². The number of aromatic nitrogens is 2. The van der Waals surface area contributed by atoms with Crippen LogP contribution in [0.15, 0.2) is 54.7 Å². The molecule has 3 aromatic rings. The smallest absolute Gasteiger partial charge is 0.271 e. The normalized spacial score (nSPS) is 18.8. The number of carbonyl (C=O) groups excluding carboxylic acids is 2. The lowest BCUT2D eigenvalue weighted by atomic mass is 9.75. The predicted octanol–water partition coefficient (Wildman–Crippen LogP) is 4.66. The van der Waals surface area contributed by atoms with Crippen molar-refractivity contribution in [1.82, 2.24) is 20.6 Å². The van der Waals surface area contributed by atoms with Gasteiger partial charge in [0.2, 0.25) is 0 Å². The number of benzene rings is 2. The zero-order chi connectivity index (χ0) is 29.9. The average Bonchev–Trinajstić information content (AvgIpc) is 2.97. The number of rotatable bonds is 7. The molecule has 5 N–H and O–H groups in total. The molecule has 2 amide bonds. The number of primary amides is 1. The molecule has 2 saturated heterocycles. The summed E-state index contributed by atoms with van der Waals surface area (Å²) >= 11 is 0. The van der Waals surface area contributed by atoms with Crippen molar-refractivity contribution in [2.75, 3.05) is 36.4 Å². The quantitative estimate of drug-likeness (QED) is 0.326. The molecule has 2 aliphatic rings. The Kier molecular flexibility index (Phi) is 8.50. The van der Waals surface area contributed by atoms with Gasteiger partial charge in [0, 0.05) is 30.4 Å². The van der Waals surface area contributed by atoms with E-state index in [1.165, 1.54) is 11.1 Å². The number of carbonyl (C=O) groups is 2. The van der Waals surface area contributed by atoms with Gasteiger partial charge in [0.1, 0.15) is 5.82 Å². The van der Waals surface area contributed by atoms with Gasteiger partial charge in [-0.05, 0) is 85.0 Å². The van der Waals surface area contributed by atoms with E-state index < -0.39 is 5.91 Å². The Hall–Kier alpha value is -3.98. The fourth-order valence-electron chi connectivity index (χ4n) is 5.85. The second-order valence-electron chi connectivity index (χ2n) is 12.9. The maximum Gasteiger partial charge on any atom is 0.271 e. The second-order valence-corrected chi connectivity index (χ2v) is 12.9. The number of piperidine rings is 2. The van der Waals surface area contributed by atoms with Crippen molar-refractivity contribution in [3.63, 3.8) is 0 Å². The largest absolute Gasteiger partial charge is 0.364 e. The number of nitrogens with two attached hydrogens (primary N) is 1. The Balaban J connectivity index is 1.28. The van der Waals surface area contributed by atoms with Gasteiger partial charge in [-0.1, -0.05) is 52.0 Å². The minimum atomic E-state index is -0.642. The fraction of sp³-hybridized carbons (Fsp3) is 0.455. The minimum absolute atomic E-state index is 0.0341. The summed E-state index contributed by atoms with van der Waals surface area (Å²) in [6.45, 7) is 12.2. The van der Waals surface area contributed by atoms with Crippen LogP contribution < -0.4 is 26.6 Å². The molecule has 2 fully saturated rings. The van der Waals surface area contributed by atoms with Gasteiger partial charge in [-0.2, -0.15) is 0 Å². The van der Waals surface area contributed by atoms with E-state index >= 15 is 0 Å². The monoisotopic (exact) mass is 569 g/mol. The predicted molar refractivity (Wildman–Crippen MR) is 168 cm³/mol. The Morgan fingerprint density at radius 1 is 1.05 bits per heavy atom. The maximum absolute atomic E-state index is 13.0. The molecular formula is C33H43N7O2. The molecule has 3 heterocycles. The zero-order valence-corrected chi connectivity index (χ0v) is 25.2. The Morgan fingerprint density at radius 3 is 2.38 bits per heavy atom. The van der Waals surface area contributed by atoms with Gasteiger partial charge in [-0.15, -0.1) is 0 Å². The molecule has 9 heteroatoms. The van der Waals surface area contributed by atoms with E-state index in [9.17, 15) is 9.59 Å². The van der Waals surface area contributed by atoms with E-state index in [0.29, 0.717) is 23.7 Å². The molecule has 0 unspecified atom stereocenters. The van der Waals surface area contributed by atoms with E-state index in [1.807, 2.05) is 36.4 Å². The van der Waals surface area contributed by atoms with Crippen LogP contribution in [0, 0.1) is 0 Å². The fourth-order valence-corrected chi connectivity index (χ4v) is 5.85. The zero-order valence-electron chi connectivity index (χ0n) is 25.2.